The number of nitrogens with one attached hydrogen (secondary N) is 2. The minimum absolute atomic E-state index is 0.268. The molecule has 6 nitrogen and oxygen atoms in total. The molecule has 90 valence electrons. The minimum Gasteiger partial charge on any atom is -0.457 e. The van der Waals surface area contributed by atoms with Gasteiger partial charge in [-0.2, -0.15) is 5.10 Å². The van der Waals surface area contributed by atoms with Gasteiger partial charge < -0.3 is 10.2 Å². The molecule has 1 heterocycles. The van der Waals surface area contributed by atoms with Gasteiger partial charge in [-0.3, -0.25) is 5.10 Å². The molecule has 0 atom stereocenters. The number of rotatable bonds is 4. The normalized spacial score (nSPS) is 14.3. The second-order valence-electron chi connectivity index (χ2n) is 3.64. The van der Waals surface area contributed by atoms with Gasteiger partial charge in [-0.1, -0.05) is 18.2 Å². The Kier molecular flexibility index (Phi) is 3.56. The molecule has 0 fully saturated rings. The first kappa shape index (κ1) is 11.4. The summed E-state index contributed by atoms with van der Waals surface area (Å²) >= 11 is 0. The lowest BCUT2D eigenvalue weighted by atomic mass is 10.1. The Labute approximate surface area is 98.5 Å². The summed E-state index contributed by atoms with van der Waals surface area (Å²) < 4.78 is 5.15. The van der Waals surface area contributed by atoms with Gasteiger partial charge in [0.2, 0.25) is 0 Å². The highest BCUT2D eigenvalue weighted by molar-refractivity contribution is 5.94. The van der Waals surface area contributed by atoms with Crippen LogP contribution >= 0.6 is 0 Å². The van der Waals surface area contributed by atoms with E-state index in [0.717, 1.165) is 18.4 Å². The van der Waals surface area contributed by atoms with Crippen LogP contribution in [0.15, 0.2) is 30.0 Å². The first-order valence-corrected chi connectivity index (χ1v) is 5.34. The van der Waals surface area contributed by atoms with Gasteiger partial charge in [-0.15, -0.1) is 0 Å². The number of esters is 1. The highest BCUT2D eigenvalue weighted by Crippen LogP contribution is 2.13. The summed E-state index contributed by atoms with van der Waals surface area (Å²) in [4.78, 5) is 11.7. The Morgan fingerprint density at radius 2 is 2.47 bits per heavy atom. The quantitative estimate of drug-likeness (QED) is 0.412. The molecular weight excluding hydrogens is 220 g/mol. The maximum atomic E-state index is 11.7. The summed E-state index contributed by atoms with van der Waals surface area (Å²) in [6, 6.07) is 0. The molecule has 0 saturated heterocycles. The fourth-order valence-corrected chi connectivity index (χ4v) is 1.55. The molecular formula is C11H14N4O2. The zero-order chi connectivity index (χ0) is 12.1. The third-order valence-corrected chi connectivity index (χ3v) is 2.45. The minimum atomic E-state index is -0.452. The Hall–Kier alpha value is -2.08. The lowest BCUT2D eigenvalue weighted by Crippen LogP contribution is -2.13. The van der Waals surface area contributed by atoms with E-state index in [1.54, 1.807) is 0 Å². The first-order valence-electron chi connectivity index (χ1n) is 5.34. The molecule has 0 radical (unpaired) electrons. The van der Waals surface area contributed by atoms with Crippen LogP contribution in [0.1, 0.15) is 23.2 Å². The van der Waals surface area contributed by atoms with Gasteiger partial charge in [0.25, 0.3) is 0 Å². The smallest absolute Gasteiger partial charge is 0.343 e. The number of anilines is 1. The van der Waals surface area contributed by atoms with Gasteiger partial charge in [0.05, 0.1) is 6.20 Å². The average Bonchev–Trinajstić information content (AvgIpc) is 2.85. The van der Waals surface area contributed by atoms with E-state index < -0.39 is 5.97 Å². The first-order chi connectivity index (χ1) is 8.31. The Balaban J connectivity index is 1.93. The van der Waals surface area contributed by atoms with E-state index in [2.05, 4.69) is 27.8 Å². The summed E-state index contributed by atoms with van der Waals surface area (Å²) in [6.07, 6.45) is 9.50. The van der Waals surface area contributed by atoms with Crippen molar-refractivity contribution in [1.82, 2.24) is 10.2 Å². The molecule has 0 bridgehead atoms. The maximum absolute atomic E-state index is 11.7. The van der Waals surface area contributed by atoms with Crippen LogP contribution in [0.3, 0.4) is 0 Å². The molecule has 6 heteroatoms. The molecule has 1 aromatic rings. The number of carbonyl (C=O) groups excluding carboxylic acids is 1. The van der Waals surface area contributed by atoms with Gasteiger partial charge in [0.1, 0.15) is 12.2 Å². The number of H-pyrrole nitrogens is 1. The molecule has 1 aromatic heterocycles. The van der Waals surface area contributed by atoms with Crippen LogP contribution in [0, 0.1) is 0 Å². The standard InChI is InChI=1S/C11H14N4O2/c12-14-10-9(6-13-15-10)11(16)17-7-8-4-2-1-3-5-8/h2,4-6H,1,3,7,12H2,(H2,13,14,15). The predicted molar refractivity (Wildman–Crippen MR) is 63.1 cm³/mol. The van der Waals surface area contributed by atoms with Crippen molar-refractivity contribution < 1.29 is 9.53 Å². The van der Waals surface area contributed by atoms with Crippen molar-refractivity contribution in [3.8, 4) is 0 Å². The largest absolute Gasteiger partial charge is 0.457 e. The van der Waals surface area contributed by atoms with E-state index >= 15 is 0 Å². The van der Waals surface area contributed by atoms with Gasteiger partial charge in [0, 0.05) is 0 Å². The van der Waals surface area contributed by atoms with Crippen molar-refractivity contribution in [2.45, 2.75) is 12.8 Å². The van der Waals surface area contributed by atoms with Crippen LogP contribution < -0.4 is 11.3 Å². The molecule has 0 saturated carbocycles. The Morgan fingerprint density at radius 1 is 1.59 bits per heavy atom. The molecule has 0 spiro atoms. The molecule has 17 heavy (non-hydrogen) atoms. The van der Waals surface area contributed by atoms with Crippen molar-refractivity contribution in [2.75, 3.05) is 12.0 Å². The summed E-state index contributed by atoms with van der Waals surface area (Å²) in [6.45, 7) is 0.268. The third kappa shape index (κ3) is 2.73. The maximum Gasteiger partial charge on any atom is 0.343 e. The predicted octanol–water partition coefficient (Wildman–Crippen LogP) is 1.13. The average molecular weight is 234 g/mol. The second kappa shape index (κ2) is 5.31. The highest BCUT2D eigenvalue weighted by atomic mass is 16.5. The summed E-state index contributed by atoms with van der Waals surface area (Å²) in [7, 11) is 0. The van der Waals surface area contributed by atoms with E-state index in [1.165, 1.54) is 6.20 Å². The number of hydrogen-bond donors (Lipinski definition) is 3. The number of hydrogen-bond acceptors (Lipinski definition) is 5. The molecule has 2 rings (SSSR count). The number of allylic oxidation sites excluding steroid dienone is 2. The van der Waals surface area contributed by atoms with Crippen molar-refractivity contribution in [3.63, 3.8) is 0 Å². The molecule has 0 amide bonds. The second-order valence-corrected chi connectivity index (χ2v) is 3.64. The van der Waals surface area contributed by atoms with Gasteiger partial charge in [-0.05, 0) is 18.4 Å². The lowest BCUT2D eigenvalue weighted by molar-refractivity contribution is 0.0543. The van der Waals surface area contributed by atoms with Gasteiger partial charge in [-0.25, -0.2) is 10.6 Å². The Morgan fingerprint density at radius 3 is 3.18 bits per heavy atom. The topological polar surface area (TPSA) is 93.0 Å². The lowest BCUT2D eigenvalue weighted by Gasteiger charge is -2.08. The van der Waals surface area contributed by atoms with E-state index in [1.807, 2.05) is 6.08 Å². The number of ether oxygens (including phenoxy) is 1. The van der Waals surface area contributed by atoms with Crippen molar-refractivity contribution >= 4 is 11.8 Å². The molecule has 1 aliphatic carbocycles. The number of carbonyl (C=O) groups is 1. The molecule has 4 N–H and O–H groups in total. The number of aromatic nitrogens is 2. The van der Waals surface area contributed by atoms with Crippen molar-refractivity contribution in [2.24, 2.45) is 5.84 Å². The fourth-order valence-electron chi connectivity index (χ4n) is 1.55. The number of hydrazine groups is 1. The number of aromatic amines is 1. The fraction of sp³-hybridized carbons (Fsp3) is 0.273. The van der Waals surface area contributed by atoms with Gasteiger partial charge >= 0.3 is 5.97 Å². The SMILES string of the molecule is NNc1[nH]ncc1C(=O)OCC1=CCCC=C1. The molecule has 0 aliphatic heterocycles. The van der Waals surface area contributed by atoms with Crippen LogP contribution in [-0.2, 0) is 4.74 Å². The molecule has 0 aromatic carbocycles. The highest BCUT2D eigenvalue weighted by Gasteiger charge is 2.14. The van der Waals surface area contributed by atoms with E-state index in [-0.39, 0.29) is 6.61 Å². The molecule has 0 unspecified atom stereocenters. The van der Waals surface area contributed by atoms with E-state index in [0.29, 0.717) is 11.4 Å². The van der Waals surface area contributed by atoms with Crippen LogP contribution in [0.5, 0.6) is 0 Å². The van der Waals surface area contributed by atoms with Crippen LogP contribution in [0.2, 0.25) is 0 Å². The van der Waals surface area contributed by atoms with Gasteiger partial charge in [0.15, 0.2) is 5.82 Å². The van der Waals surface area contributed by atoms with Crippen LogP contribution in [0.25, 0.3) is 0 Å². The summed E-state index contributed by atoms with van der Waals surface area (Å²) in [5.41, 5.74) is 3.66. The van der Waals surface area contributed by atoms with Crippen molar-refractivity contribution in [1.29, 1.82) is 0 Å². The summed E-state index contributed by atoms with van der Waals surface area (Å²) in [5, 5.41) is 6.27. The number of nitrogens with two attached hydrogens (primary N) is 1. The number of nitrogens with zero attached hydrogens (tertiary/aromatic N) is 1. The zero-order valence-corrected chi connectivity index (χ0v) is 9.27. The van der Waals surface area contributed by atoms with E-state index in [9.17, 15) is 4.79 Å². The molecule has 1 aliphatic rings. The van der Waals surface area contributed by atoms with Crippen LogP contribution in [0.4, 0.5) is 5.82 Å². The van der Waals surface area contributed by atoms with Crippen LogP contribution in [-0.4, -0.2) is 22.8 Å². The summed E-state index contributed by atoms with van der Waals surface area (Å²) in [5.74, 6) is 5.12. The third-order valence-electron chi connectivity index (χ3n) is 2.45. The monoisotopic (exact) mass is 234 g/mol. The Bertz CT molecular complexity index is 462. The number of nitrogen functional groups attached to an aromatic ring is 1. The van der Waals surface area contributed by atoms with Crippen molar-refractivity contribution in [3.05, 3.63) is 35.6 Å². The van der Waals surface area contributed by atoms with E-state index in [4.69, 9.17) is 10.6 Å². The zero-order valence-electron chi connectivity index (χ0n) is 9.27.